The number of rotatable bonds is 6. The number of fused-ring (bicyclic) bond motifs is 1. The fraction of sp³-hybridized carbons (Fsp3) is 0.550. The molecule has 3 N–H and O–H groups in total. The maximum atomic E-state index is 12.6. The van der Waals surface area contributed by atoms with Gasteiger partial charge in [0.05, 0.1) is 23.5 Å². The van der Waals surface area contributed by atoms with Gasteiger partial charge in [-0.05, 0) is 62.1 Å². The number of carbonyl (C=O) groups is 1. The van der Waals surface area contributed by atoms with Crippen LogP contribution in [0.3, 0.4) is 0 Å². The third kappa shape index (κ3) is 3.65. The maximum Gasteiger partial charge on any atom is 0.220 e. The van der Waals surface area contributed by atoms with E-state index < -0.39 is 0 Å². The van der Waals surface area contributed by atoms with Gasteiger partial charge in [0.2, 0.25) is 5.91 Å². The molecule has 2 aromatic heterocycles. The molecule has 0 spiro atoms. The average Bonchev–Trinajstić information content (AvgIpc) is 3.06. The first kappa shape index (κ1) is 17.2. The maximum absolute atomic E-state index is 12.6. The van der Waals surface area contributed by atoms with Gasteiger partial charge in [0.25, 0.3) is 0 Å². The van der Waals surface area contributed by atoms with E-state index in [1.165, 1.54) is 24.1 Å². The number of amides is 1. The van der Waals surface area contributed by atoms with E-state index in [0.717, 1.165) is 24.2 Å². The molecule has 1 saturated carbocycles. The van der Waals surface area contributed by atoms with E-state index in [9.17, 15) is 9.90 Å². The number of nitrogens with one attached hydrogen (secondary N) is 2. The van der Waals surface area contributed by atoms with Crippen LogP contribution in [0.1, 0.15) is 60.8 Å². The first-order chi connectivity index (χ1) is 12.7. The molecule has 2 heterocycles. The van der Waals surface area contributed by atoms with Gasteiger partial charge >= 0.3 is 0 Å². The van der Waals surface area contributed by atoms with Crippen LogP contribution in [-0.4, -0.2) is 32.3 Å². The lowest BCUT2D eigenvalue weighted by Gasteiger charge is -2.37. The monoisotopic (exact) mass is 354 g/mol. The van der Waals surface area contributed by atoms with E-state index >= 15 is 0 Å². The van der Waals surface area contributed by atoms with Crippen molar-refractivity contribution >= 4 is 5.91 Å². The molecule has 4 rings (SSSR count). The molecule has 0 bridgehead atoms. The van der Waals surface area contributed by atoms with Crippen molar-refractivity contribution in [2.45, 2.75) is 63.5 Å². The summed E-state index contributed by atoms with van der Waals surface area (Å²) in [7, 11) is 0. The third-order valence-electron chi connectivity index (χ3n) is 5.67. The summed E-state index contributed by atoms with van der Waals surface area (Å²) in [6, 6.07) is 5.63. The highest BCUT2D eigenvalue weighted by atomic mass is 16.3. The minimum Gasteiger partial charge on any atom is -0.393 e. The molecular formula is C20H26N4O2. The Kier molecular flexibility index (Phi) is 5.02. The molecule has 1 atom stereocenters. The summed E-state index contributed by atoms with van der Waals surface area (Å²) in [4.78, 5) is 17.0. The van der Waals surface area contributed by atoms with Gasteiger partial charge in [-0.2, -0.15) is 5.10 Å². The Morgan fingerprint density at radius 1 is 1.31 bits per heavy atom. The van der Waals surface area contributed by atoms with Crippen LogP contribution in [-0.2, 0) is 24.1 Å². The molecule has 138 valence electrons. The number of aliphatic hydroxyl groups excluding tert-OH is 1. The Hall–Kier alpha value is -2.21. The van der Waals surface area contributed by atoms with Gasteiger partial charge in [0.15, 0.2) is 0 Å². The number of aromatic amines is 1. The van der Waals surface area contributed by atoms with Gasteiger partial charge in [-0.15, -0.1) is 0 Å². The summed E-state index contributed by atoms with van der Waals surface area (Å²) in [5, 5.41) is 20.4. The summed E-state index contributed by atoms with van der Waals surface area (Å²) in [5.74, 6) is 0.275. The summed E-state index contributed by atoms with van der Waals surface area (Å²) >= 11 is 0. The summed E-state index contributed by atoms with van der Waals surface area (Å²) in [6.45, 7) is 0. The van der Waals surface area contributed by atoms with Crippen molar-refractivity contribution in [1.29, 1.82) is 0 Å². The molecule has 0 unspecified atom stereocenters. The highest BCUT2D eigenvalue weighted by Gasteiger charge is 2.36. The van der Waals surface area contributed by atoms with E-state index in [2.05, 4.69) is 20.5 Å². The largest absolute Gasteiger partial charge is 0.393 e. The second-order valence-corrected chi connectivity index (χ2v) is 7.52. The smallest absolute Gasteiger partial charge is 0.220 e. The first-order valence-corrected chi connectivity index (χ1v) is 9.64. The standard InChI is InChI=1S/C20H26N4O2/c25-14-11-13(12-14)20(18-7-3-4-10-21-18)22-19(26)9-8-17-15-5-1-2-6-16(15)23-24-17/h3-4,7,10,13-14,20,25H,1-2,5-6,8-9,11-12H2,(H,22,26)(H,23,24)/t13?,14?,20-/m0/s1. The predicted octanol–water partition coefficient (Wildman–Crippen LogP) is 2.24. The van der Waals surface area contributed by atoms with E-state index in [1.54, 1.807) is 6.20 Å². The molecule has 0 radical (unpaired) electrons. The Balaban J connectivity index is 1.38. The molecule has 6 nitrogen and oxygen atoms in total. The van der Waals surface area contributed by atoms with Gasteiger partial charge in [0.1, 0.15) is 0 Å². The number of pyridine rings is 1. The van der Waals surface area contributed by atoms with Crippen molar-refractivity contribution in [2.24, 2.45) is 5.92 Å². The highest BCUT2D eigenvalue weighted by Crippen LogP contribution is 2.37. The molecule has 2 aliphatic rings. The SMILES string of the molecule is O=C(CCc1n[nH]c2c1CCCC2)N[C@H](c1ccccn1)C1CC(O)C1. The third-order valence-corrected chi connectivity index (χ3v) is 5.67. The minimum absolute atomic E-state index is 0.0228. The number of hydrogen-bond acceptors (Lipinski definition) is 4. The van der Waals surface area contributed by atoms with Crippen LogP contribution in [0.15, 0.2) is 24.4 Å². The molecule has 26 heavy (non-hydrogen) atoms. The van der Waals surface area contributed by atoms with Gasteiger partial charge in [0, 0.05) is 24.7 Å². The van der Waals surface area contributed by atoms with Gasteiger partial charge < -0.3 is 10.4 Å². The van der Waals surface area contributed by atoms with Crippen LogP contribution in [0.2, 0.25) is 0 Å². The summed E-state index contributed by atoms with van der Waals surface area (Å²) in [6.07, 6.45) is 8.59. The van der Waals surface area contributed by atoms with Crippen LogP contribution in [0.5, 0.6) is 0 Å². The lowest BCUT2D eigenvalue weighted by Crippen LogP contribution is -2.41. The van der Waals surface area contributed by atoms with Gasteiger partial charge in [-0.1, -0.05) is 6.07 Å². The molecule has 0 aliphatic heterocycles. The summed E-state index contributed by atoms with van der Waals surface area (Å²) < 4.78 is 0. The van der Waals surface area contributed by atoms with Gasteiger partial charge in [-0.3, -0.25) is 14.9 Å². The van der Waals surface area contributed by atoms with Gasteiger partial charge in [-0.25, -0.2) is 0 Å². The average molecular weight is 354 g/mol. The van der Waals surface area contributed by atoms with E-state index in [-0.39, 0.29) is 24.0 Å². The molecule has 0 saturated heterocycles. The summed E-state index contributed by atoms with van der Waals surface area (Å²) in [5.41, 5.74) is 4.49. The number of carbonyl (C=O) groups excluding carboxylic acids is 1. The Labute approximate surface area is 153 Å². The zero-order valence-corrected chi connectivity index (χ0v) is 14.9. The number of nitrogens with zero attached hydrogens (tertiary/aromatic N) is 2. The lowest BCUT2D eigenvalue weighted by molar-refractivity contribution is -0.123. The minimum atomic E-state index is -0.251. The predicted molar refractivity (Wildman–Crippen MR) is 97.4 cm³/mol. The molecular weight excluding hydrogens is 328 g/mol. The number of aryl methyl sites for hydroxylation is 2. The van der Waals surface area contributed by atoms with E-state index in [0.29, 0.717) is 25.7 Å². The van der Waals surface area contributed by atoms with Crippen molar-refractivity contribution in [1.82, 2.24) is 20.5 Å². The second kappa shape index (κ2) is 7.58. The molecule has 0 aromatic carbocycles. The highest BCUT2D eigenvalue weighted by molar-refractivity contribution is 5.76. The van der Waals surface area contributed by atoms with Crippen molar-refractivity contribution in [3.05, 3.63) is 47.0 Å². The topological polar surface area (TPSA) is 90.9 Å². The van der Waals surface area contributed by atoms with Crippen LogP contribution in [0, 0.1) is 5.92 Å². The van der Waals surface area contributed by atoms with E-state index in [1.807, 2.05) is 18.2 Å². The Morgan fingerprint density at radius 2 is 2.15 bits per heavy atom. The molecule has 6 heteroatoms. The van der Waals surface area contributed by atoms with Crippen LogP contribution >= 0.6 is 0 Å². The number of aliphatic hydroxyl groups is 1. The van der Waals surface area contributed by atoms with Crippen LogP contribution in [0.4, 0.5) is 0 Å². The zero-order valence-electron chi connectivity index (χ0n) is 14.9. The second-order valence-electron chi connectivity index (χ2n) is 7.52. The van der Waals surface area contributed by atoms with Crippen molar-refractivity contribution in [3.8, 4) is 0 Å². The van der Waals surface area contributed by atoms with Crippen LogP contribution < -0.4 is 5.32 Å². The number of hydrogen-bond donors (Lipinski definition) is 3. The van der Waals surface area contributed by atoms with Crippen molar-refractivity contribution in [3.63, 3.8) is 0 Å². The fourth-order valence-corrected chi connectivity index (χ4v) is 4.13. The van der Waals surface area contributed by atoms with Crippen molar-refractivity contribution < 1.29 is 9.90 Å². The Bertz CT molecular complexity index is 752. The van der Waals surface area contributed by atoms with Crippen LogP contribution in [0.25, 0.3) is 0 Å². The Morgan fingerprint density at radius 3 is 2.92 bits per heavy atom. The number of aromatic nitrogens is 3. The lowest BCUT2D eigenvalue weighted by atomic mass is 9.76. The fourth-order valence-electron chi connectivity index (χ4n) is 4.13. The van der Waals surface area contributed by atoms with E-state index in [4.69, 9.17) is 0 Å². The quantitative estimate of drug-likeness (QED) is 0.742. The molecule has 1 fully saturated rings. The molecule has 2 aromatic rings. The molecule has 2 aliphatic carbocycles. The van der Waals surface area contributed by atoms with Crippen molar-refractivity contribution in [2.75, 3.05) is 0 Å². The molecule has 1 amide bonds. The first-order valence-electron chi connectivity index (χ1n) is 9.64. The zero-order chi connectivity index (χ0) is 17.9. The number of H-pyrrole nitrogens is 1. The normalized spacial score (nSPS) is 23.0.